The summed E-state index contributed by atoms with van der Waals surface area (Å²) in [6, 6.07) is 3.33. The number of nitrogens with two attached hydrogens (primary N) is 1. The Hall–Kier alpha value is -1.66. The van der Waals surface area contributed by atoms with Gasteiger partial charge in [-0.3, -0.25) is 9.89 Å². The number of carboxylic acid groups (broad SMARTS) is 1. The van der Waals surface area contributed by atoms with Crippen molar-refractivity contribution >= 4 is 17.3 Å². The van der Waals surface area contributed by atoms with Crippen LogP contribution in [0, 0.1) is 0 Å². The number of rotatable bonds is 4. The fraction of sp³-hybridized carbons (Fsp3) is 0.200. The summed E-state index contributed by atoms with van der Waals surface area (Å²) in [5.41, 5.74) is 7.36. The maximum absolute atomic E-state index is 10.6. The Morgan fingerprint density at radius 2 is 2.50 bits per heavy atom. The molecule has 16 heavy (non-hydrogen) atoms. The molecule has 0 aliphatic carbocycles. The van der Waals surface area contributed by atoms with Gasteiger partial charge in [-0.15, -0.1) is 11.3 Å². The van der Waals surface area contributed by atoms with Crippen molar-refractivity contribution in [3.8, 4) is 10.6 Å². The van der Waals surface area contributed by atoms with Crippen LogP contribution in [0.1, 0.15) is 18.0 Å². The largest absolute Gasteiger partial charge is 0.481 e. The van der Waals surface area contributed by atoms with Gasteiger partial charge in [0, 0.05) is 11.6 Å². The number of thiophene rings is 1. The van der Waals surface area contributed by atoms with Crippen molar-refractivity contribution in [2.24, 2.45) is 5.73 Å². The van der Waals surface area contributed by atoms with Gasteiger partial charge in [0.2, 0.25) is 0 Å². The maximum Gasteiger partial charge on any atom is 0.305 e. The van der Waals surface area contributed by atoms with E-state index >= 15 is 0 Å². The molecule has 1 atom stereocenters. The zero-order chi connectivity index (χ0) is 11.5. The lowest BCUT2D eigenvalue weighted by Gasteiger charge is -2.08. The van der Waals surface area contributed by atoms with E-state index < -0.39 is 12.0 Å². The van der Waals surface area contributed by atoms with Crippen molar-refractivity contribution < 1.29 is 9.90 Å². The lowest BCUT2D eigenvalue weighted by Crippen LogP contribution is -2.15. The SMILES string of the molecule is NC(CC(=O)O)c1cn[nH]c1-c1cccs1. The molecule has 1 unspecified atom stereocenters. The Balaban J connectivity index is 2.29. The molecule has 0 fully saturated rings. The van der Waals surface area contributed by atoms with E-state index in [1.807, 2.05) is 17.5 Å². The van der Waals surface area contributed by atoms with Crippen molar-refractivity contribution in [3.63, 3.8) is 0 Å². The summed E-state index contributed by atoms with van der Waals surface area (Å²) in [6.45, 7) is 0. The Morgan fingerprint density at radius 3 is 3.12 bits per heavy atom. The molecule has 0 aromatic carbocycles. The highest BCUT2D eigenvalue weighted by Gasteiger charge is 2.17. The van der Waals surface area contributed by atoms with Gasteiger partial charge in [0.25, 0.3) is 0 Å². The first-order valence-corrected chi connectivity index (χ1v) is 5.61. The molecule has 5 nitrogen and oxygen atoms in total. The van der Waals surface area contributed by atoms with E-state index in [0.29, 0.717) is 0 Å². The Kier molecular flexibility index (Phi) is 3.02. The number of aromatic nitrogens is 2. The van der Waals surface area contributed by atoms with Gasteiger partial charge in [0.05, 0.1) is 23.2 Å². The quantitative estimate of drug-likeness (QED) is 0.753. The summed E-state index contributed by atoms with van der Waals surface area (Å²) in [5, 5.41) is 17.4. The molecule has 0 spiro atoms. The predicted octanol–water partition coefficient (Wildman–Crippen LogP) is 1.61. The Bertz CT molecular complexity index is 478. The van der Waals surface area contributed by atoms with Crippen LogP contribution in [-0.4, -0.2) is 21.3 Å². The highest BCUT2D eigenvalue weighted by atomic mass is 32.1. The van der Waals surface area contributed by atoms with E-state index in [4.69, 9.17) is 10.8 Å². The van der Waals surface area contributed by atoms with Crippen molar-refractivity contribution in [1.29, 1.82) is 0 Å². The second-order valence-electron chi connectivity index (χ2n) is 3.38. The summed E-state index contributed by atoms with van der Waals surface area (Å²) in [7, 11) is 0. The molecule has 0 saturated carbocycles. The number of aliphatic carboxylic acids is 1. The van der Waals surface area contributed by atoms with Gasteiger partial charge in [-0.05, 0) is 11.4 Å². The average molecular weight is 237 g/mol. The van der Waals surface area contributed by atoms with Crippen molar-refractivity contribution in [3.05, 3.63) is 29.3 Å². The first-order chi connectivity index (χ1) is 7.68. The lowest BCUT2D eigenvalue weighted by molar-refractivity contribution is -0.137. The molecule has 2 aromatic rings. The van der Waals surface area contributed by atoms with Crippen LogP contribution < -0.4 is 5.73 Å². The smallest absolute Gasteiger partial charge is 0.305 e. The predicted molar refractivity (Wildman–Crippen MR) is 61.1 cm³/mol. The van der Waals surface area contributed by atoms with Crippen LogP contribution in [0.5, 0.6) is 0 Å². The summed E-state index contributed by atoms with van der Waals surface area (Å²) >= 11 is 1.56. The van der Waals surface area contributed by atoms with E-state index in [9.17, 15) is 4.79 Å². The topological polar surface area (TPSA) is 92.0 Å². The molecule has 0 aliphatic rings. The molecule has 4 N–H and O–H groups in total. The van der Waals surface area contributed by atoms with Crippen LogP contribution in [0.15, 0.2) is 23.7 Å². The van der Waals surface area contributed by atoms with Crippen LogP contribution in [0.25, 0.3) is 10.6 Å². The van der Waals surface area contributed by atoms with Crippen molar-refractivity contribution in [1.82, 2.24) is 10.2 Å². The molecular formula is C10H11N3O2S. The number of carboxylic acids is 1. The monoisotopic (exact) mass is 237 g/mol. The highest BCUT2D eigenvalue weighted by Crippen LogP contribution is 2.29. The minimum absolute atomic E-state index is 0.0993. The minimum atomic E-state index is -0.911. The fourth-order valence-corrected chi connectivity index (χ4v) is 2.24. The van der Waals surface area contributed by atoms with Gasteiger partial charge in [-0.25, -0.2) is 0 Å². The molecule has 0 amide bonds. The lowest BCUT2D eigenvalue weighted by atomic mass is 10.1. The number of hydrogen-bond donors (Lipinski definition) is 3. The van der Waals surface area contributed by atoms with Crippen LogP contribution >= 0.6 is 11.3 Å². The molecule has 0 aliphatic heterocycles. The first kappa shape index (κ1) is 10.8. The zero-order valence-electron chi connectivity index (χ0n) is 8.38. The van der Waals surface area contributed by atoms with Gasteiger partial charge in [0.15, 0.2) is 0 Å². The molecule has 0 bridgehead atoms. The third kappa shape index (κ3) is 2.12. The van der Waals surface area contributed by atoms with Crippen LogP contribution in [0.2, 0.25) is 0 Å². The number of hydrogen-bond acceptors (Lipinski definition) is 4. The minimum Gasteiger partial charge on any atom is -0.481 e. The number of aromatic amines is 1. The fourth-order valence-electron chi connectivity index (χ4n) is 1.49. The first-order valence-electron chi connectivity index (χ1n) is 4.73. The molecule has 2 aromatic heterocycles. The summed E-state index contributed by atoms with van der Waals surface area (Å²) in [4.78, 5) is 11.6. The maximum atomic E-state index is 10.6. The molecule has 6 heteroatoms. The van der Waals surface area contributed by atoms with Gasteiger partial charge in [-0.1, -0.05) is 6.07 Å². The molecule has 84 valence electrons. The zero-order valence-corrected chi connectivity index (χ0v) is 9.20. The van der Waals surface area contributed by atoms with Gasteiger partial charge < -0.3 is 10.8 Å². The number of H-pyrrole nitrogens is 1. The van der Waals surface area contributed by atoms with Gasteiger partial charge in [0.1, 0.15) is 0 Å². The normalized spacial score (nSPS) is 12.6. The van der Waals surface area contributed by atoms with E-state index in [1.165, 1.54) is 0 Å². The van der Waals surface area contributed by atoms with E-state index in [0.717, 1.165) is 16.1 Å². The molecule has 2 rings (SSSR count). The Morgan fingerprint density at radius 1 is 1.69 bits per heavy atom. The van der Waals surface area contributed by atoms with Crippen molar-refractivity contribution in [2.75, 3.05) is 0 Å². The van der Waals surface area contributed by atoms with Gasteiger partial charge >= 0.3 is 5.97 Å². The van der Waals surface area contributed by atoms with Crippen molar-refractivity contribution in [2.45, 2.75) is 12.5 Å². The van der Waals surface area contributed by atoms with Crippen LogP contribution in [0.4, 0.5) is 0 Å². The molecule has 2 heterocycles. The third-order valence-electron chi connectivity index (χ3n) is 2.23. The molecule has 0 saturated heterocycles. The highest BCUT2D eigenvalue weighted by molar-refractivity contribution is 7.13. The second kappa shape index (κ2) is 4.46. The number of nitrogens with one attached hydrogen (secondary N) is 1. The summed E-state index contributed by atoms with van der Waals surface area (Å²) in [6.07, 6.45) is 1.49. The van der Waals surface area contributed by atoms with E-state index in [1.54, 1.807) is 17.5 Å². The molecular weight excluding hydrogens is 226 g/mol. The third-order valence-corrected chi connectivity index (χ3v) is 3.12. The van der Waals surface area contributed by atoms with Crippen LogP contribution in [0.3, 0.4) is 0 Å². The van der Waals surface area contributed by atoms with Crippen LogP contribution in [-0.2, 0) is 4.79 Å². The summed E-state index contributed by atoms with van der Waals surface area (Å²) in [5.74, 6) is -0.911. The van der Waals surface area contributed by atoms with E-state index in [-0.39, 0.29) is 6.42 Å². The average Bonchev–Trinajstić information content (AvgIpc) is 2.87. The Labute approximate surface area is 95.9 Å². The molecule has 0 radical (unpaired) electrons. The second-order valence-corrected chi connectivity index (χ2v) is 4.33. The van der Waals surface area contributed by atoms with E-state index in [2.05, 4.69) is 10.2 Å². The van der Waals surface area contributed by atoms with Gasteiger partial charge in [-0.2, -0.15) is 5.10 Å². The standard InChI is InChI=1S/C10H11N3O2S/c11-7(4-9(14)15)6-5-12-13-10(6)8-2-1-3-16-8/h1-3,5,7H,4,11H2,(H,12,13)(H,14,15). The number of nitrogens with zero attached hydrogens (tertiary/aromatic N) is 1. The summed E-state index contributed by atoms with van der Waals surface area (Å²) < 4.78 is 0. The number of carbonyl (C=O) groups is 1.